The normalized spacial score (nSPS) is 13.2. The summed E-state index contributed by atoms with van der Waals surface area (Å²) in [6, 6.07) is 9.18. The Bertz CT molecular complexity index is 1930. The van der Waals surface area contributed by atoms with Gasteiger partial charge in [0.05, 0.1) is 42.8 Å². The molecule has 4 amide bonds. The van der Waals surface area contributed by atoms with Crippen LogP contribution >= 0.6 is 0 Å². The monoisotopic (exact) mass is 794 g/mol. The molecule has 0 radical (unpaired) electrons. The van der Waals surface area contributed by atoms with Gasteiger partial charge in [0.25, 0.3) is 11.8 Å². The number of ether oxygens (including phenoxy) is 3. The van der Waals surface area contributed by atoms with Gasteiger partial charge in [-0.2, -0.15) is 5.06 Å². The second kappa shape index (κ2) is 20.9. The molecule has 306 valence electrons. The summed E-state index contributed by atoms with van der Waals surface area (Å²) in [5, 5.41) is 26.6. The molecule has 0 bridgehead atoms. The lowest BCUT2D eigenvalue weighted by Crippen LogP contribution is -2.49. The van der Waals surface area contributed by atoms with Crippen molar-refractivity contribution in [2.45, 2.75) is 71.4 Å². The van der Waals surface area contributed by atoms with Crippen LogP contribution in [-0.4, -0.2) is 95.9 Å². The highest BCUT2D eigenvalue weighted by Gasteiger charge is 2.34. The van der Waals surface area contributed by atoms with E-state index in [1.807, 2.05) is 6.92 Å². The van der Waals surface area contributed by atoms with Gasteiger partial charge in [-0.25, -0.2) is 9.59 Å². The molecule has 2 unspecified atom stereocenters. The average molecular weight is 795 g/mol. The number of amides is 4. The highest BCUT2D eigenvalue weighted by atomic mass is 16.7. The molecule has 2 heterocycles. The maximum atomic E-state index is 13.6. The second-order valence-corrected chi connectivity index (χ2v) is 12.8. The highest BCUT2D eigenvalue weighted by molar-refractivity contribution is 6.00. The van der Waals surface area contributed by atoms with E-state index in [1.54, 1.807) is 19.9 Å². The number of carboxylic acid groups (broad SMARTS) is 2. The van der Waals surface area contributed by atoms with Crippen LogP contribution in [0.4, 0.5) is 0 Å². The number of furan rings is 1. The molecule has 3 aromatic rings. The number of carbonyl (C=O) groups excluding carboxylic acids is 5. The first-order chi connectivity index (χ1) is 27.4. The molecule has 0 aliphatic carbocycles. The number of benzene rings is 2. The molecular formula is C39H46N4O14. The zero-order chi connectivity index (χ0) is 41.5. The molecule has 57 heavy (non-hydrogen) atoms. The van der Waals surface area contributed by atoms with E-state index in [0.29, 0.717) is 49.5 Å². The van der Waals surface area contributed by atoms with Crippen LogP contribution in [0.5, 0.6) is 17.2 Å². The summed E-state index contributed by atoms with van der Waals surface area (Å²) in [5.74, 6) is -5.56. The van der Waals surface area contributed by atoms with Gasteiger partial charge in [-0.05, 0) is 62.2 Å². The lowest BCUT2D eigenvalue weighted by atomic mass is 9.90. The predicted octanol–water partition coefficient (Wildman–Crippen LogP) is 3.78. The summed E-state index contributed by atoms with van der Waals surface area (Å²) >= 11 is 0. The van der Waals surface area contributed by atoms with Gasteiger partial charge in [0, 0.05) is 5.56 Å². The summed E-state index contributed by atoms with van der Waals surface area (Å²) in [4.78, 5) is 92.8. The Morgan fingerprint density at radius 1 is 0.895 bits per heavy atom. The van der Waals surface area contributed by atoms with Crippen LogP contribution in [0.25, 0.3) is 11.3 Å². The van der Waals surface area contributed by atoms with E-state index in [0.717, 1.165) is 17.9 Å². The standard InChI is InChI=1S/C39H46N4O14/c1-4-7-8-9-25(28(5-2)43(22-44)57-39(52)24-11-13-30-33(19-24)55-17-16-54-30)35(47)40-21-41-37(49)31-15-14-29(56-31)23-10-12-26(32(18-23)53-6-3)36(48)42-27(38(50)51)20-34(45)46/h10-15,18-19,22,25,27-28H,4-9,16-17,20-21H2,1-3H3,(H,40,47)(H,41,49)(H,42,48)(H,45,46)(H,50,51)/t25?,27?,28-/m1/s1. The van der Waals surface area contributed by atoms with Gasteiger partial charge in [-0.15, -0.1) is 0 Å². The first-order valence-electron chi connectivity index (χ1n) is 18.4. The van der Waals surface area contributed by atoms with Crippen LogP contribution in [0.3, 0.4) is 0 Å². The van der Waals surface area contributed by atoms with Crippen molar-refractivity contribution in [3.05, 3.63) is 65.4 Å². The van der Waals surface area contributed by atoms with Crippen LogP contribution in [0.15, 0.2) is 52.9 Å². The molecule has 0 saturated carbocycles. The van der Waals surface area contributed by atoms with E-state index >= 15 is 0 Å². The van der Waals surface area contributed by atoms with Gasteiger partial charge in [0.1, 0.15) is 30.8 Å². The van der Waals surface area contributed by atoms with Crippen molar-refractivity contribution in [2.24, 2.45) is 5.92 Å². The SMILES string of the molecule is CCCCCC(C(=O)NCNC(=O)c1ccc(-c2ccc(C(=O)NC(CC(=O)O)C(=O)O)c(OCC)c2)o1)[C@@H](CC)N(C=O)OC(=O)c1ccc2c(c1)OCCO2. The van der Waals surface area contributed by atoms with Crippen LogP contribution in [0, 0.1) is 5.92 Å². The number of rotatable bonds is 22. The Kier molecular flexibility index (Phi) is 15.8. The minimum Gasteiger partial charge on any atom is -0.493 e. The average Bonchev–Trinajstić information content (AvgIpc) is 3.70. The van der Waals surface area contributed by atoms with Crippen LogP contribution in [0.2, 0.25) is 0 Å². The van der Waals surface area contributed by atoms with Gasteiger partial charge < -0.3 is 49.6 Å². The number of hydrogen-bond acceptors (Lipinski definition) is 12. The van der Waals surface area contributed by atoms with Crippen molar-refractivity contribution in [1.82, 2.24) is 21.0 Å². The van der Waals surface area contributed by atoms with Gasteiger partial charge in [0.15, 0.2) is 17.3 Å². The Morgan fingerprint density at radius 2 is 1.65 bits per heavy atom. The van der Waals surface area contributed by atoms with Crippen molar-refractivity contribution in [1.29, 1.82) is 0 Å². The molecule has 0 spiro atoms. The highest BCUT2D eigenvalue weighted by Crippen LogP contribution is 2.32. The third-order valence-corrected chi connectivity index (χ3v) is 8.87. The molecular weight excluding hydrogens is 748 g/mol. The molecule has 18 heteroatoms. The quantitative estimate of drug-likeness (QED) is 0.0420. The maximum absolute atomic E-state index is 13.6. The lowest BCUT2D eigenvalue weighted by Gasteiger charge is -2.32. The van der Waals surface area contributed by atoms with Crippen molar-refractivity contribution >= 4 is 42.0 Å². The Morgan fingerprint density at radius 3 is 2.32 bits per heavy atom. The molecule has 1 aliphatic heterocycles. The molecule has 0 saturated heterocycles. The third kappa shape index (κ3) is 11.7. The minimum absolute atomic E-state index is 0.0507. The smallest absolute Gasteiger partial charge is 0.363 e. The molecule has 4 rings (SSSR count). The Labute approximate surface area is 327 Å². The number of carboxylic acids is 2. The van der Waals surface area contributed by atoms with E-state index < -0.39 is 60.1 Å². The van der Waals surface area contributed by atoms with E-state index in [1.165, 1.54) is 42.5 Å². The Balaban J connectivity index is 1.40. The Hall–Kier alpha value is -6.59. The second-order valence-electron chi connectivity index (χ2n) is 12.8. The van der Waals surface area contributed by atoms with E-state index in [4.69, 9.17) is 28.6 Å². The summed E-state index contributed by atoms with van der Waals surface area (Å²) in [7, 11) is 0. The van der Waals surface area contributed by atoms with E-state index in [2.05, 4.69) is 16.0 Å². The number of aliphatic carboxylic acids is 2. The van der Waals surface area contributed by atoms with Crippen molar-refractivity contribution < 1.29 is 67.2 Å². The number of nitrogens with one attached hydrogen (secondary N) is 3. The fourth-order valence-corrected chi connectivity index (χ4v) is 6.03. The molecule has 18 nitrogen and oxygen atoms in total. The molecule has 1 aromatic heterocycles. The fraction of sp³-hybridized carbons (Fsp3) is 0.410. The third-order valence-electron chi connectivity index (χ3n) is 8.87. The van der Waals surface area contributed by atoms with Crippen LogP contribution in [-0.2, 0) is 24.0 Å². The summed E-state index contributed by atoms with van der Waals surface area (Å²) in [6.45, 7) is 5.95. The van der Waals surface area contributed by atoms with Gasteiger partial charge in [0.2, 0.25) is 12.3 Å². The van der Waals surface area contributed by atoms with Gasteiger partial charge in [-0.1, -0.05) is 39.2 Å². The first kappa shape index (κ1) is 43.1. The number of unbranched alkanes of at least 4 members (excludes halogenated alkanes) is 2. The molecule has 0 fully saturated rings. The number of hydroxylamine groups is 2. The van der Waals surface area contributed by atoms with E-state index in [-0.39, 0.29) is 48.1 Å². The zero-order valence-corrected chi connectivity index (χ0v) is 31.7. The summed E-state index contributed by atoms with van der Waals surface area (Å²) in [6.07, 6.45) is 2.50. The fourth-order valence-electron chi connectivity index (χ4n) is 6.03. The number of hydrogen-bond donors (Lipinski definition) is 5. The maximum Gasteiger partial charge on any atom is 0.363 e. The first-order valence-corrected chi connectivity index (χ1v) is 18.4. The van der Waals surface area contributed by atoms with Crippen LogP contribution < -0.4 is 30.2 Å². The van der Waals surface area contributed by atoms with Gasteiger partial charge >= 0.3 is 17.9 Å². The van der Waals surface area contributed by atoms with Crippen molar-refractivity contribution in [2.75, 3.05) is 26.5 Å². The van der Waals surface area contributed by atoms with Gasteiger partial charge in [-0.3, -0.25) is 24.0 Å². The number of carbonyl (C=O) groups is 7. The van der Waals surface area contributed by atoms with Crippen LogP contribution in [0.1, 0.15) is 90.6 Å². The number of fused-ring (bicyclic) bond motifs is 1. The number of nitrogens with zero attached hydrogens (tertiary/aromatic N) is 1. The molecule has 3 atom stereocenters. The summed E-state index contributed by atoms with van der Waals surface area (Å²) in [5.41, 5.74) is 0.472. The zero-order valence-electron chi connectivity index (χ0n) is 31.7. The van der Waals surface area contributed by atoms with Crippen molar-refractivity contribution in [3.8, 4) is 28.6 Å². The predicted molar refractivity (Wildman–Crippen MR) is 199 cm³/mol. The minimum atomic E-state index is -1.67. The molecule has 5 N–H and O–H groups in total. The van der Waals surface area contributed by atoms with E-state index in [9.17, 15) is 38.7 Å². The topological polar surface area (TPSA) is 249 Å². The lowest BCUT2D eigenvalue weighted by molar-refractivity contribution is -0.171. The summed E-state index contributed by atoms with van der Waals surface area (Å²) < 4.78 is 22.4. The largest absolute Gasteiger partial charge is 0.493 e. The molecule has 2 aromatic carbocycles. The van der Waals surface area contributed by atoms with Crippen molar-refractivity contribution in [3.63, 3.8) is 0 Å². The molecule has 1 aliphatic rings.